The smallest absolute Gasteiger partial charge is 0.138 e. The van der Waals surface area contributed by atoms with Gasteiger partial charge in [0, 0.05) is 9.79 Å². The summed E-state index contributed by atoms with van der Waals surface area (Å²) in [6, 6.07) is 1.97. The van der Waals surface area contributed by atoms with Gasteiger partial charge in [0.25, 0.3) is 0 Å². The van der Waals surface area contributed by atoms with Crippen LogP contribution in [0.3, 0.4) is 0 Å². The van der Waals surface area contributed by atoms with Gasteiger partial charge in [-0.2, -0.15) is 10.5 Å². The van der Waals surface area contributed by atoms with Gasteiger partial charge >= 0.3 is 0 Å². The Morgan fingerprint density at radius 2 is 1.60 bits per heavy atom. The first-order valence-corrected chi connectivity index (χ1v) is 5.97. The summed E-state index contributed by atoms with van der Waals surface area (Å²) in [4.78, 5) is 1.99. The lowest BCUT2D eigenvalue weighted by Crippen LogP contribution is -1.91. The molecule has 4 heteroatoms. The molecule has 0 amide bonds. The molecular weight excluding hydrogens is 224 g/mol. The minimum absolute atomic E-state index is 0.981. The SMILES string of the molecule is Cc1cc(SC#N)c(C)c(C)c1SC#N. The van der Waals surface area contributed by atoms with Gasteiger partial charge in [-0.1, -0.05) is 0 Å². The minimum Gasteiger partial charge on any atom is -0.185 e. The van der Waals surface area contributed by atoms with Crippen LogP contribution >= 0.6 is 23.5 Å². The van der Waals surface area contributed by atoms with E-state index in [0.29, 0.717) is 0 Å². The molecule has 1 aromatic carbocycles. The van der Waals surface area contributed by atoms with Gasteiger partial charge in [0.05, 0.1) is 0 Å². The van der Waals surface area contributed by atoms with Crippen LogP contribution in [0.4, 0.5) is 0 Å². The number of rotatable bonds is 2. The summed E-state index contributed by atoms with van der Waals surface area (Å²) in [7, 11) is 0. The van der Waals surface area contributed by atoms with Crippen molar-refractivity contribution in [2.24, 2.45) is 0 Å². The van der Waals surface area contributed by atoms with Gasteiger partial charge in [-0.3, -0.25) is 0 Å². The van der Waals surface area contributed by atoms with E-state index in [4.69, 9.17) is 10.5 Å². The number of benzene rings is 1. The summed E-state index contributed by atoms with van der Waals surface area (Å²) in [6.07, 6.45) is 0. The molecule has 0 N–H and O–H groups in total. The lowest BCUT2D eigenvalue weighted by atomic mass is 10.1. The van der Waals surface area contributed by atoms with Crippen LogP contribution in [0, 0.1) is 42.1 Å². The number of nitriles is 2. The largest absolute Gasteiger partial charge is 0.185 e. The molecule has 1 aromatic rings. The molecule has 0 unspecified atom stereocenters. The molecule has 1 rings (SSSR count). The lowest BCUT2D eigenvalue weighted by molar-refractivity contribution is 1.11. The fourth-order valence-electron chi connectivity index (χ4n) is 1.38. The van der Waals surface area contributed by atoms with Crippen molar-refractivity contribution >= 4 is 23.5 Å². The first-order valence-electron chi connectivity index (χ1n) is 4.34. The van der Waals surface area contributed by atoms with Crippen molar-refractivity contribution in [3.8, 4) is 10.8 Å². The summed E-state index contributed by atoms with van der Waals surface area (Å²) >= 11 is 2.35. The standard InChI is InChI=1S/C11H10N2S2/c1-7-4-10(14-5-12)8(2)9(3)11(7)15-6-13/h4H,1-3H3. The van der Waals surface area contributed by atoms with Crippen molar-refractivity contribution in [1.82, 2.24) is 0 Å². The highest BCUT2D eigenvalue weighted by Gasteiger charge is 2.10. The maximum Gasteiger partial charge on any atom is 0.138 e. The molecule has 15 heavy (non-hydrogen) atoms. The quantitative estimate of drug-likeness (QED) is 0.577. The number of thiocyanates is 2. The molecule has 0 saturated heterocycles. The zero-order chi connectivity index (χ0) is 11.4. The van der Waals surface area contributed by atoms with Gasteiger partial charge in [0.2, 0.25) is 0 Å². The van der Waals surface area contributed by atoms with Crippen molar-refractivity contribution < 1.29 is 0 Å². The van der Waals surface area contributed by atoms with Gasteiger partial charge < -0.3 is 0 Å². The number of hydrogen-bond acceptors (Lipinski definition) is 4. The topological polar surface area (TPSA) is 47.6 Å². The predicted molar refractivity (Wildman–Crippen MR) is 63.6 cm³/mol. The molecule has 0 heterocycles. The first kappa shape index (κ1) is 12.0. The van der Waals surface area contributed by atoms with Crippen LogP contribution in [-0.4, -0.2) is 0 Å². The van der Waals surface area contributed by atoms with Crippen LogP contribution in [0.25, 0.3) is 0 Å². The van der Waals surface area contributed by atoms with Crippen LogP contribution in [0.15, 0.2) is 15.9 Å². The van der Waals surface area contributed by atoms with E-state index < -0.39 is 0 Å². The normalized spacial score (nSPS) is 9.40. The number of hydrogen-bond donors (Lipinski definition) is 0. The predicted octanol–water partition coefficient (Wildman–Crippen LogP) is 3.76. The molecule has 0 aliphatic rings. The number of thioether (sulfide) groups is 2. The lowest BCUT2D eigenvalue weighted by Gasteiger charge is -2.11. The molecule has 0 fully saturated rings. The Morgan fingerprint density at radius 1 is 1.00 bits per heavy atom. The molecular formula is C11H10N2S2. The first-order chi connectivity index (χ1) is 7.11. The average Bonchev–Trinajstić information content (AvgIpc) is 2.21. The monoisotopic (exact) mass is 234 g/mol. The van der Waals surface area contributed by atoms with Crippen molar-refractivity contribution in [2.75, 3.05) is 0 Å². The third-order valence-corrected chi connectivity index (χ3v) is 3.94. The van der Waals surface area contributed by atoms with Crippen molar-refractivity contribution in [3.63, 3.8) is 0 Å². The number of nitrogens with zero attached hydrogens (tertiary/aromatic N) is 2. The molecule has 0 aliphatic carbocycles. The van der Waals surface area contributed by atoms with Crippen molar-refractivity contribution in [1.29, 1.82) is 10.5 Å². The highest BCUT2D eigenvalue weighted by Crippen LogP contribution is 2.33. The highest BCUT2D eigenvalue weighted by molar-refractivity contribution is 8.04. The summed E-state index contributed by atoms with van der Waals surface area (Å²) in [5.41, 5.74) is 3.24. The molecule has 76 valence electrons. The maximum atomic E-state index is 8.69. The van der Waals surface area contributed by atoms with Crippen LogP contribution in [0.1, 0.15) is 16.7 Å². The molecule has 0 spiro atoms. The van der Waals surface area contributed by atoms with E-state index in [1.165, 1.54) is 23.5 Å². The van der Waals surface area contributed by atoms with Crippen LogP contribution in [0.2, 0.25) is 0 Å². The van der Waals surface area contributed by atoms with Crippen LogP contribution in [-0.2, 0) is 0 Å². The zero-order valence-electron chi connectivity index (χ0n) is 8.79. The molecule has 0 aliphatic heterocycles. The molecule has 0 saturated carbocycles. The average molecular weight is 234 g/mol. The second-order valence-electron chi connectivity index (χ2n) is 3.16. The van der Waals surface area contributed by atoms with Gasteiger partial charge in [0.15, 0.2) is 0 Å². The number of aryl methyl sites for hydroxylation is 1. The Hall–Kier alpha value is -1.10. The van der Waals surface area contributed by atoms with E-state index in [1.54, 1.807) is 0 Å². The van der Waals surface area contributed by atoms with E-state index in [2.05, 4.69) is 10.8 Å². The van der Waals surface area contributed by atoms with Crippen molar-refractivity contribution in [3.05, 3.63) is 22.8 Å². The van der Waals surface area contributed by atoms with Gasteiger partial charge in [-0.05, 0) is 67.1 Å². The second-order valence-corrected chi connectivity index (χ2v) is 4.78. The second kappa shape index (κ2) is 5.11. The van der Waals surface area contributed by atoms with Crippen LogP contribution < -0.4 is 0 Å². The minimum atomic E-state index is 0.981. The highest BCUT2D eigenvalue weighted by atomic mass is 32.2. The summed E-state index contributed by atoms with van der Waals surface area (Å²) in [5, 5.41) is 21.5. The fraction of sp³-hybridized carbons (Fsp3) is 0.273. The van der Waals surface area contributed by atoms with Gasteiger partial charge in [-0.15, -0.1) is 0 Å². The van der Waals surface area contributed by atoms with E-state index in [9.17, 15) is 0 Å². The Morgan fingerprint density at radius 3 is 2.13 bits per heavy atom. The Labute approximate surface area is 98.3 Å². The maximum absolute atomic E-state index is 8.69. The Bertz CT molecular complexity index is 467. The summed E-state index contributed by atoms with van der Waals surface area (Å²) in [5.74, 6) is 0. The fourth-order valence-corrected chi connectivity index (χ4v) is 2.64. The zero-order valence-corrected chi connectivity index (χ0v) is 10.4. The third-order valence-electron chi connectivity index (χ3n) is 2.28. The van der Waals surface area contributed by atoms with E-state index in [0.717, 1.165) is 26.5 Å². The van der Waals surface area contributed by atoms with Gasteiger partial charge in [0.1, 0.15) is 10.8 Å². The summed E-state index contributed by atoms with van der Waals surface area (Å²) < 4.78 is 0. The molecule has 2 nitrogen and oxygen atoms in total. The Kier molecular flexibility index (Phi) is 4.08. The summed E-state index contributed by atoms with van der Waals surface area (Å²) in [6.45, 7) is 5.94. The van der Waals surface area contributed by atoms with E-state index in [1.807, 2.05) is 26.8 Å². The van der Waals surface area contributed by atoms with Gasteiger partial charge in [-0.25, -0.2) is 0 Å². The molecule has 0 atom stereocenters. The van der Waals surface area contributed by atoms with Crippen molar-refractivity contribution in [2.45, 2.75) is 30.6 Å². The molecule has 0 radical (unpaired) electrons. The van der Waals surface area contributed by atoms with E-state index in [-0.39, 0.29) is 0 Å². The third kappa shape index (κ3) is 2.47. The Balaban J connectivity index is 3.33. The van der Waals surface area contributed by atoms with Crippen LogP contribution in [0.5, 0.6) is 0 Å². The van der Waals surface area contributed by atoms with E-state index >= 15 is 0 Å². The molecule has 0 aromatic heterocycles. The molecule has 0 bridgehead atoms.